The van der Waals surface area contributed by atoms with E-state index in [4.69, 9.17) is 14.7 Å². The second-order valence-corrected chi connectivity index (χ2v) is 4.95. The Labute approximate surface area is 135 Å². The molecule has 0 aliphatic rings. The minimum absolute atomic E-state index is 0.199. The fourth-order valence-electron chi connectivity index (χ4n) is 2.12. The average molecular weight is 310 g/mol. The second-order valence-electron chi connectivity index (χ2n) is 4.95. The first-order valence-electron chi connectivity index (χ1n) is 7.19. The van der Waals surface area contributed by atoms with E-state index < -0.39 is 6.09 Å². The fraction of sp³-hybridized carbons (Fsp3) is 0.222. The first-order valence-corrected chi connectivity index (χ1v) is 7.19. The molecule has 0 fully saturated rings. The minimum atomic E-state index is -0.529. The van der Waals surface area contributed by atoms with E-state index in [9.17, 15) is 4.79 Å². The Hall–Kier alpha value is -2.84. The lowest BCUT2D eigenvalue weighted by molar-refractivity contribution is 0.120. The standard InChI is InChI=1S/C18H18N2O3/c1-22-13-17(16-9-5-8-15(10-16)11-19)20-18(21)23-12-14-6-3-2-4-7-14/h2-10,17H,12-13H2,1H3,(H,20,21). The Morgan fingerprint density at radius 1 is 1.22 bits per heavy atom. The highest BCUT2D eigenvalue weighted by atomic mass is 16.5. The van der Waals surface area contributed by atoms with E-state index in [1.54, 1.807) is 25.3 Å². The monoisotopic (exact) mass is 310 g/mol. The number of benzene rings is 2. The molecule has 2 aromatic rings. The number of nitrogens with one attached hydrogen (secondary N) is 1. The van der Waals surface area contributed by atoms with Crippen LogP contribution in [0.25, 0.3) is 0 Å². The van der Waals surface area contributed by atoms with Crippen LogP contribution in [0.4, 0.5) is 4.79 Å². The third-order valence-corrected chi connectivity index (χ3v) is 3.26. The molecule has 2 rings (SSSR count). The quantitative estimate of drug-likeness (QED) is 0.889. The number of alkyl carbamates (subject to hydrolysis) is 1. The van der Waals surface area contributed by atoms with E-state index in [1.807, 2.05) is 36.4 Å². The van der Waals surface area contributed by atoms with Gasteiger partial charge in [-0.2, -0.15) is 5.26 Å². The van der Waals surface area contributed by atoms with Crippen molar-refractivity contribution in [1.82, 2.24) is 5.32 Å². The first-order chi connectivity index (χ1) is 11.2. The van der Waals surface area contributed by atoms with E-state index in [0.29, 0.717) is 5.56 Å². The molecule has 0 aliphatic heterocycles. The summed E-state index contributed by atoms with van der Waals surface area (Å²) in [6, 6.07) is 18.2. The van der Waals surface area contributed by atoms with Crippen molar-refractivity contribution in [2.24, 2.45) is 0 Å². The SMILES string of the molecule is COCC(NC(=O)OCc1ccccc1)c1cccc(C#N)c1. The van der Waals surface area contributed by atoms with Crippen LogP contribution in [0.5, 0.6) is 0 Å². The summed E-state index contributed by atoms with van der Waals surface area (Å²) < 4.78 is 10.4. The van der Waals surface area contributed by atoms with Gasteiger partial charge in [0, 0.05) is 7.11 Å². The fourth-order valence-corrected chi connectivity index (χ4v) is 2.12. The van der Waals surface area contributed by atoms with Crippen LogP contribution in [0.1, 0.15) is 22.7 Å². The number of nitrogens with zero attached hydrogens (tertiary/aromatic N) is 1. The topological polar surface area (TPSA) is 71.3 Å². The van der Waals surface area contributed by atoms with E-state index in [-0.39, 0.29) is 19.3 Å². The molecule has 23 heavy (non-hydrogen) atoms. The van der Waals surface area contributed by atoms with Gasteiger partial charge in [-0.1, -0.05) is 42.5 Å². The second kappa shape index (κ2) is 8.57. The highest BCUT2D eigenvalue weighted by Gasteiger charge is 2.16. The van der Waals surface area contributed by atoms with Crippen molar-refractivity contribution in [3.8, 4) is 6.07 Å². The average Bonchev–Trinajstić information content (AvgIpc) is 2.60. The van der Waals surface area contributed by atoms with Gasteiger partial charge in [0.25, 0.3) is 0 Å². The Balaban J connectivity index is 1.98. The highest BCUT2D eigenvalue weighted by Crippen LogP contribution is 2.15. The van der Waals surface area contributed by atoms with Crippen molar-refractivity contribution in [3.63, 3.8) is 0 Å². The lowest BCUT2D eigenvalue weighted by Crippen LogP contribution is -2.31. The number of carbonyl (C=O) groups is 1. The molecule has 0 radical (unpaired) electrons. The van der Waals surface area contributed by atoms with Crippen LogP contribution in [-0.2, 0) is 16.1 Å². The predicted octanol–water partition coefficient (Wildman–Crippen LogP) is 3.17. The maximum Gasteiger partial charge on any atom is 0.408 e. The molecule has 0 saturated carbocycles. The summed E-state index contributed by atoms with van der Waals surface area (Å²) in [6.45, 7) is 0.486. The Morgan fingerprint density at radius 3 is 2.70 bits per heavy atom. The third-order valence-electron chi connectivity index (χ3n) is 3.26. The van der Waals surface area contributed by atoms with Crippen molar-refractivity contribution in [2.75, 3.05) is 13.7 Å². The summed E-state index contributed by atoms with van der Waals surface area (Å²) in [5.41, 5.74) is 2.24. The van der Waals surface area contributed by atoms with Crippen LogP contribution in [0, 0.1) is 11.3 Å². The Kier molecular flexibility index (Phi) is 6.16. The lowest BCUT2D eigenvalue weighted by Gasteiger charge is -2.18. The summed E-state index contributed by atoms with van der Waals surface area (Å²) in [5, 5.41) is 11.7. The predicted molar refractivity (Wildman–Crippen MR) is 85.5 cm³/mol. The number of nitriles is 1. The normalized spacial score (nSPS) is 11.3. The van der Waals surface area contributed by atoms with Crippen molar-refractivity contribution in [2.45, 2.75) is 12.6 Å². The zero-order valence-corrected chi connectivity index (χ0v) is 12.9. The maximum absolute atomic E-state index is 12.0. The summed E-state index contributed by atoms with van der Waals surface area (Å²) in [5.74, 6) is 0. The first kappa shape index (κ1) is 16.5. The number of carbonyl (C=O) groups excluding carboxylic acids is 1. The summed E-state index contributed by atoms with van der Waals surface area (Å²) in [7, 11) is 1.55. The van der Waals surface area contributed by atoms with E-state index in [1.165, 1.54) is 0 Å². The molecule has 5 nitrogen and oxygen atoms in total. The lowest BCUT2D eigenvalue weighted by atomic mass is 10.1. The Morgan fingerprint density at radius 2 is 2.00 bits per heavy atom. The van der Waals surface area contributed by atoms with Gasteiger partial charge in [0.15, 0.2) is 0 Å². The summed E-state index contributed by atoms with van der Waals surface area (Å²) in [6.07, 6.45) is -0.529. The molecule has 1 amide bonds. The maximum atomic E-state index is 12.0. The smallest absolute Gasteiger partial charge is 0.408 e. The molecule has 118 valence electrons. The number of methoxy groups -OCH3 is 1. The van der Waals surface area contributed by atoms with Crippen LogP contribution in [0.15, 0.2) is 54.6 Å². The van der Waals surface area contributed by atoms with Crippen molar-refractivity contribution in [1.29, 1.82) is 5.26 Å². The molecule has 0 saturated heterocycles. The number of hydrogen-bond acceptors (Lipinski definition) is 4. The molecule has 0 bridgehead atoms. The van der Waals surface area contributed by atoms with Crippen LogP contribution >= 0.6 is 0 Å². The van der Waals surface area contributed by atoms with Crippen molar-refractivity contribution >= 4 is 6.09 Å². The highest BCUT2D eigenvalue weighted by molar-refractivity contribution is 5.68. The van der Waals surface area contributed by atoms with Gasteiger partial charge in [0.2, 0.25) is 0 Å². The minimum Gasteiger partial charge on any atom is -0.445 e. The van der Waals surface area contributed by atoms with Crippen LogP contribution in [0.2, 0.25) is 0 Å². The number of rotatable bonds is 6. The Bertz CT molecular complexity index is 680. The van der Waals surface area contributed by atoms with E-state index in [2.05, 4.69) is 11.4 Å². The summed E-state index contributed by atoms with van der Waals surface area (Å²) >= 11 is 0. The molecular formula is C18H18N2O3. The van der Waals surface area contributed by atoms with Crippen LogP contribution < -0.4 is 5.32 Å². The molecule has 1 unspecified atom stereocenters. The van der Waals surface area contributed by atoms with Crippen molar-refractivity contribution < 1.29 is 14.3 Å². The molecule has 5 heteroatoms. The number of amides is 1. The molecule has 1 atom stereocenters. The molecule has 1 N–H and O–H groups in total. The van der Waals surface area contributed by atoms with Gasteiger partial charge in [-0.25, -0.2) is 4.79 Å². The van der Waals surface area contributed by atoms with Crippen LogP contribution in [0.3, 0.4) is 0 Å². The molecule has 2 aromatic carbocycles. The van der Waals surface area contributed by atoms with Gasteiger partial charge >= 0.3 is 6.09 Å². The zero-order chi connectivity index (χ0) is 16.5. The van der Waals surface area contributed by atoms with Crippen molar-refractivity contribution in [3.05, 3.63) is 71.3 Å². The van der Waals surface area contributed by atoms with Gasteiger partial charge < -0.3 is 14.8 Å². The molecule has 0 spiro atoms. The van der Waals surface area contributed by atoms with Gasteiger partial charge in [-0.3, -0.25) is 0 Å². The van der Waals surface area contributed by atoms with Gasteiger partial charge in [-0.05, 0) is 23.3 Å². The molecule has 0 aliphatic carbocycles. The largest absolute Gasteiger partial charge is 0.445 e. The van der Waals surface area contributed by atoms with E-state index in [0.717, 1.165) is 11.1 Å². The number of ether oxygens (including phenoxy) is 2. The van der Waals surface area contributed by atoms with Crippen LogP contribution in [-0.4, -0.2) is 19.8 Å². The molecule has 0 aromatic heterocycles. The molecule has 0 heterocycles. The number of hydrogen-bond donors (Lipinski definition) is 1. The summed E-state index contributed by atoms with van der Waals surface area (Å²) in [4.78, 5) is 12.0. The van der Waals surface area contributed by atoms with E-state index >= 15 is 0 Å². The van der Waals surface area contributed by atoms with Gasteiger partial charge in [-0.15, -0.1) is 0 Å². The zero-order valence-electron chi connectivity index (χ0n) is 12.9. The van der Waals surface area contributed by atoms with Gasteiger partial charge in [0.1, 0.15) is 6.61 Å². The molecular weight excluding hydrogens is 292 g/mol. The van der Waals surface area contributed by atoms with Gasteiger partial charge in [0.05, 0.1) is 24.3 Å². The third kappa shape index (κ3) is 5.13.